The lowest BCUT2D eigenvalue weighted by Crippen LogP contribution is -2.49. The van der Waals surface area contributed by atoms with E-state index in [1.807, 2.05) is 66.7 Å². The van der Waals surface area contributed by atoms with Crippen LogP contribution in [-0.2, 0) is 33.4 Å². The molecule has 0 aliphatic heterocycles. The number of hydrogen-bond acceptors (Lipinski definition) is 4. The topological polar surface area (TPSA) is 127 Å². The number of carboxylic acid groups (broad SMARTS) is 1. The van der Waals surface area contributed by atoms with Crippen LogP contribution >= 0.6 is 7.60 Å². The van der Waals surface area contributed by atoms with Crippen molar-refractivity contribution in [2.45, 2.75) is 38.1 Å². The molecule has 0 radical (unpaired) electrons. The Hall–Kier alpha value is -3.45. The van der Waals surface area contributed by atoms with E-state index in [0.29, 0.717) is 5.69 Å². The first-order valence-electron chi connectivity index (χ1n) is 12.3. The van der Waals surface area contributed by atoms with Crippen molar-refractivity contribution >= 4 is 25.2 Å². The van der Waals surface area contributed by atoms with Crippen LogP contribution in [0.3, 0.4) is 0 Å². The van der Waals surface area contributed by atoms with Gasteiger partial charge in [-0.2, -0.15) is 0 Å². The summed E-state index contributed by atoms with van der Waals surface area (Å²) in [6.45, 7) is -0.0778. The first-order valence-corrected chi connectivity index (χ1v) is 14.1. The number of aryl methyl sites for hydroxylation is 2. The Bertz CT molecular complexity index is 1290. The molecule has 0 aromatic heterocycles. The molecule has 4 N–H and O–H groups in total. The minimum absolute atomic E-state index is 0.0778. The highest BCUT2D eigenvalue weighted by atomic mass is 31.2. The number of benzene rings is 3. The van der Waals surface area contributed by atoms with Crippen LogP contribution in [0.2, 0.25) is 0 Å². The van der Waals surface area contributed by atoms with Gasteiger partial charge in [-0.3, -0.25) is 14.2 Å². The van der Waals surface area contributed by atoms with E-state index in [1.54, 1.807) is 6.07 Å². The molecule has 0 heterocycles. The van der Waals surface area contributed by atoms with Gasteiger partial charge in [-0.05, 0) is 59.2 Å². The highest BCUT2D eigenvalue weighted by Gasteiger charge is 2.32. The number of carboxylic acids is 1. The molecule has 3 aromatic rings. The van der Waals surface area contributed by atoms with E-state index in [4.69, 9.17) is 5.11 Å². The molecule has 0 spiro atoms. The SMILES string of the molecule is O=C(O)CCNC(=O)C(Cc1ccc(-c2ccccc2)cc1)N(CP(=O)(O)O)c1ccc2c(c1)CCC2. The van der Waals surface area contributed by atoms with Gasteiger partial charge in [0.25, 0.3) is 0 Å². The van der Waals surface area contributed by atoms with Crippen molar-refractivity contribution in [1.29, 1.82) is 0 Å². The van der Waals surface area contributed by atoms with Crippen LogP contribution in [-0.4, -0.2) is 45.6 Å². The number of carbonyl (C=O) groups excluding carboxylic acids is 1. The fourth-order valence-electron chi connectivity index (χ4n) is 4.74. The molecule has 3 aromatic carbocycles. The van der Waals surface area contributed by atoms with Crippen LogP contribution in [0.25, 0.3) is 11.1 Å². The molecule has 0 fully saturated rings. The van der Waals surface area contributed by atoms with Gasteiger partial charge in [0.05, 0.1) is 6.42 Å². The van der Waals surface area contributed by atoms with Gasteiger partial charge < -0.3 is 25.1 Å². The van der Waals surface area contributed by atoms with Crippen molar-refractivity contribution in [3.63, 3.8) is 0 Å². The molecule has 0 bridgehead atoms. The lowest BCUT2D eigenvalue weighted by molar-refractivity contribution is -0.136. The second kappa shape index (κ2) is 11.7. The molecule has 1 atom stereocenters. The molecule has 1 aliphatic carbocycles. The average molecular weight is 523 g/mol. The third-order valence-corrected chi connectivity index (χ3v) is 7.23. The van der Waals surface area contributed by atoms with Crippen molar-refractivity contribution in [3.05, 3.63) is 89.5 Å². The van der Waals surface area contributed by atoms with Gasteiger partial charge in [0.15, 0.2) is 0 Å². The maximum Gasteiger partial charge on any atom is 0.344 e. The van der Waals surface area contributed by atoms with Crippen molar-refractivity contribution < 1.29 is 29.0 Å². The van der Waals surface area contributed by atoms with Gasteiger partial charge in [-0.15, -0.1) is 0 Å². The Morgan fingerprint density at radius 1 is 0.919 bits per heavy atom. The molecular weight excluding hydrogens is 491 g/mol. The molecule has 0 saturated carbocycles. The Morgan fingerprint density at radius 3 is 2.27 bits per heavy atom. The van der Waals surface area contributed by atoms with Gasteiger partial charge in [-0.1, -0.05) is 60.7 Å². The summed E-state index contributed by atoms with van der Waals surface area (Å²) >= 11 is 0. The summed E-state index contributed by atoms with van der Waals surface area (Å²) in [5.41, 5.74) is 5.76. The zero-order valence-electron chi connectivity index (χ0n) is 20.4. The number of aliphatic carboxylic acids is 1. The van der Waals surface area contributed by atoms with Crippen molar-refractivity contribution in [2.24, 2.45) is 0 Å². The third-order valence-electron chi connectivity index (χ3n) is 6.56. The Morgan fingerprint density at radius 2 is 1.59 bits per heavy atom. The molecule has 1 aliphatic rings. The standard InChI is InChI=1S/C28H31N2O6P/c31-27(32)15-16-29-28(33)26(17-20-9-11-23(12-10-20)21-5-2-1-3-6-21)30(19-37(34,35)36)25-14-13-22-7-4-8-24(22)18-25/h1-3,5-6,9-14,18,26H,4,7-8,15-17,19H2,(H,29,33)(H,31,32)(H2,34,35,36). The smallest absolute Gasteiger partial charge is 0.344 e. The van der Waals surface area contributed by atoms with E-state index < -0.39 is 31.8 Å². The molecule has 1 unspecified atom stereocenters. The molecule has 4 rings (SSSR count). The predicted octanol–water partition coefficient (Wildman–Crippen LogP) is 3.99. The Balaban J connectivity index is 1.66. The largest absolute Gasteiger partial charge is 0.481 e. The normalized spacial score (nSPS) is 13.6. The van der Waals surface area contributed by atoms with Crippen molar-refractivity contribution in [2.75, 3.05) is 17.7 Å². The van der Waals surface area contributed by atoms with Crippen LogP contribution < -0.4 is 10.2 Å². The molecule has 0 saturated heterocycles. The van der Waals surface area contributed by atoms with Crippen LogP contribution in [0.1, 0.15) is 29.5 Å². The Labute approximate surface area is 216 Å². The molecule has 37 heavy (non-hydrogen) atoms. The van der Waals surface area contributed by atoms with E-state index >= 15 is 0 Å². The highest BCUT2D eigenvalue weighted by Crippen LogP contribution is 2.39. The van der Waals surface area contributed by atoms with Gasteiger partial charge in [0.1, 0.15) is 12.3 Å². The number of carbonyl (C=O) groups is 2. The number of nitrogens with zero attached hydrogens (tertiary/aromatic N) is 1. The third kappa shape index (κ3) is 7.29. The summed E-state index contributed by atoms with van der Waals surface area (Å²) in [5, 5.41) is 11.6. The van der Waals surface area contributed by atoms with Crippen LogP contribution in [0.15, 0.2) is 72.8 Å². The summed E-state index contributed by atoms with van der Waals surface area (Å²) in [6.07, 6.45) is 2.16. The molecular formula is C28H31N2O6P. The fraction of sp³-hybridized carbons (Fsp3) is 0.286. The summed E-state index contributed by atoms with van der Waals surface area (Å²) in [4.78, 5) is 45.6. The molecule has 194 valence electrons. The van der Waals surface area contributed by atoms with Crippen LogP contribution in [0.4, 0.5) is 5.69 Å². The lowest BCUT2D eigenvalue weighted by atomic mass is 9.99. The van der Waals surface area contributed by atoms with Gasteiger partial charge >= 0.3 is 13.6 Å². The predicted molar refractivity (Wildman–Crippen MR) is 142 cm³/mol. The van der Waals surface area contributed by atoms with Gasteiger partial charge in [0, 0.05) is 18.7 Å². The number of fused-ring (bicyclic) bond motifs is 1. The quantitative estimate of drug-likeness (QED) is 0.281. The first-order chi connectivity index (χ1) is 17.7. The second-order valence-corrected chi connectivity index (χ2v) is 10.9. The summed E-state index contributed by atoms with van der Waals surface area (Å²) in [6, 6.07) is 22.3. The van der Waals surface area contributed by atoms with Gasteiger partial charge in [0.2, 0.25) is 5.91 Å². The van der Waals surface area contributed by atoms with Crippen molar-refractivity contribution in [1.82, 2.24) is 5.32 Å². The number of anilines is 1. The summed E-state index contributed by atoms with van der Waals surface area (Å²) in [5.74, 6) is -1.53. The Kier molecular flexibility index (Phi) is 8.44. The van der Waals surface area contributed by atoms with E-state index in [0.717, 1.165) is 41.5 Å². The van der Waals surface area contributed by atoms with E-state index in [-0.39, 0.29) is 19.4 Å². The zero-order chi connectivity index (χ0) is 26.4. The second-order valence-electron chi connectivity index (χ2n) is 9.30. The summed E-state index contributed by atoms with van der Waals surface area (Å²) < 4.78 is 12.2. The van der Waals surface area contributed by atoms with E-state index in [9.17, 15) is 23.9 Å². The minimum atomic E-state index is -4.54. The van der Waals surface area contributed by atoms with Crippen LogP contribution in [0, 0.1) is 0 Å². The molecule has 1 amide bonds. The van der Waals surface area contributed by atoms with E-state index in [1.165, 1.54) is 10.5 Å². The summed E-state index contributed by atoms with van der Waals surface area (Å²) in [7, 11) is -4.54. The lowest BCUT2D eigenvalue weighted by Gasteiger charge is -2.33. The fourth-order valence-corrected chi connectivity index (χ4v) is 5.49. The van der Waals surface area contributed by atoms with Crippen LogP contribution in [0.5, 0.6) is 0 Å². The maximum atomic E-state index is 13.4. The number of rotatable bonds is 11. The molecule has 8 nitrogen and oxygen atoms in total. The molecule has 9 heteroatoms. The zero-order valence-corrected chi connectivity index (χ0v) is 21.3. The maximum absolute atomic E-state index is 13.4. The van der Waals surface area contributed by atoms with Crippen molar-refractivity contribution in [3.8, 4) is 11.1 Å². The number of amides is 1. The monoisotopic (exact) mass is 522 g/mol. The first kappa shape index (κ1) is 26.6. The average Bonchev–Trinajstić information content (AvgIpc) is 3.34. The number of nitrogens with one attached hydrogen (secondary N) is 1. The minimum Gasteiger partial charge on any atom is -0.481 e. The highest BCUT2D eigenvalue weighted by molar-refractivity contribution is 7.51. The van der Waals surface area contributed by atoms with Gasteiger partial charge in [-0.25, -0.2) is 0 Å². The number of hydrogen-bond donors (Lipinski definition) is 4. The van der Waals surface area contributed by atoms with E-state index in [2.05, 4.69) is 5.32 Å².